The molecule has 6 rings (SSSR count). The highest BCUT2D eigenvalue weighted by Crippen LogP contribution is 2.83. The number of carbonyl (C=O) groups excluding carboxylic acids is 3. The first kappa shape index (κ1) is 23.8. The molecule has 6 aliphatic rings. The maximum Gasteiger partial charge on any atom is 0.343 e. The minimum Gasteiger partial charge on any atom is -0.478 e. The number of unbranched alkanes of at least 4 members (excludes halogenated alkanes) is 1. The summed E-state index contributed by atoms with van der Waals surface area (Å²) in [5.41, 5.74) is -7.67. The summed E-state index contributed by atoms with van der Waals surface area (Å²) < 4.78 is 29.0. The Bertz CT molecular complexity index is 1090. The van der Waals surface area contributed by atoms with Gasteiger partial charge >= 0.3 is 23.9 Å². The summed E-state index contributed by atoms with van der Waals surface area (Å²) in [5, 5.41) is 32.9. The SMILES string of the molecule is CCCC[C@@H]1CC2OC(=O)[C@@]34O[C@H]5OC(=O)[C@@H](OC/C=C/C(=O)O)C15C23[C@H](O)C1OC(=O)C(C)[C@]14O. The molecule has 5 unspecified atom stereocenters. The number of hydrogen-bond acceptors (Lipinski definition) is 11. The van der Waals surface area contributed by atoms with Crippen molar-refractivity contribution in [3.8, 4) is 0 Å². The van der Waals surface area contributed by atoms with Crippen molar-refractivity contribution >= 4 is 23.9 Å². The summed E-state index contributed by atoms with van der Waals surface area (Å²) in [6.07, 6.45) is -2.29. The number of carboxylic acids is 1. The Labute approximate surface area is 205 Å². The summed E-state index contributed by atoms with van der Waals surface area (Å²) in [7, 11) is 0. The maximum atomic E-state index is 13.6. The molecule has 3 N–H and O–H groups in total. The highest BCUT2D eigenvalue weighted by atomic mass is 16.8. The van der Waals surface area contributed by atoms with Crippen molar-refractivity contribution in [1.29, 1.82) is 0 Å². The van der Waals surface area contributed by atoms with Gasteiger partial charge in [-0.25, -0.2) is 14.4 Å². The van der Waals surface area contributed by atoms with Gasteiger partial charge in [0.1, 0.15) is 12.2 Å². The number of hydrogen-bond donors (Lipinski definition) is 3. The van der Waals surface area contributed by atoms with Gasteiger partial charge in [-0.1, -0.05) is 25.8 Å². The molecule has 0 aromatic rings. The number of ether oxygens (including phenoxy) is 5. The molecule has 0 bridgehead atoms. The van der Waals surface area contributed by atoms with E-state index < -0.39 is 82.5 Å². The van der Waals surface area contributed by atoms with Crippen molar-refractivity contribution < 1.29 is 58.2 Å². The quantitative estimate of drug-likeness (QED) is 0.227. The summed E-state index contributed by atoms with van der Waals surface area (Å²) >= 11 is 0. The number of esters is 3. The van der Waals surface area contributed by atoms with Crippen LogP contribution < -0.4 is 0 Å². The molecule has 4 saturated heterocycles. The van der Waals surface area contributed by atoms with Gasteiger partial charge in [0, 0.05) is 6.08 Å². The maximum absolute atomic E-state index is 13.6. The van der Waals surface area contributed by atoms with Crippen molar-refractivity contribution in [1.82, 2.24) is 0 Å². The fourth-order valence-electron chi connectivity index (χ4n) is 8.49. The standard InChI is InChI=1S/C24H28O12/c1-3-4-6-11-9-12-22-14(27)15-23(31,10(2)17(28)34-15)24(22,19(30)33-12)36-20-21(11,22)16(18(29)35-20)32-8-5-7-13(25)26/h5,7,10-12,14-16,20,27,31H,3-4,6,8-9H2,1-2H3,(H,25,26)/b7-5+/t10?,11-,12?,14-,15?,16-,20-,21?,22?,23+,24-/m1/s1. The lowest BCUT2D eigenvalue weighted by atomic mass is 9.53. The Balaban J connectivity index is 1.56. The van der Waals surface area contributed by atoms with E-state index in [-0.39, 0.29) is 18.9 Å². The van der Waals surface area contributed by atoms with Crippen LogP contribution in [0.15, 0.2) is 12.2 Å². The monoisotopic (exact) mass is 508 g/mol. The third-order valence-corrected chi connectivity index (χ3v) is 9.60. The number of aliphatic hydroxyl groups is 2. The van der Waals surface area contributed by atoms with Crippen LogP contribution in [-0.4, -0.2) is 87.7 Å². The molecule has 2 aliphatic carbocycles. The first-order chi connectivity index (χ1) is 17.1. The van der Waals surface area contributed by atoms with E-state index in [1.807, 2.05) is 6.92 Å². The van der Waals surface area contributed by atoms with Gasteiger partial charge in [0.25, 0.3) is 0 Å². The normalized spacial score (nSPS) is 51.7. The Morgan fingerprint density at radius 3 is 2.64 bits per heavy atom. The highest BCUT2D eigenvalue weighted by Gasteiger charge is 3.03. The number of carbonyl (C=O) groups is 4. The molecule has 4 aliphatic heterocycles. The van der Waals surface area contributed by atoms with Crippen LogP contribution in [0, 0.1) is 22.7 Å². The molecule has 12 nitrogen and oxygen atoms in total. The van der Waals surface area contributed by atoms with Gasteiger partial charge in [-0.15, -0.1) is 0 Å². The van der Waals surface area contributed by atoms with Crippen LogP contribution in [0.2, 0.25) is 0 Å². The first-order valence-electron chi connectivity index (χ1n) is 12.3. The van der Waals surface area contributed by atoms with E-state index >= 15 is 0 Å². The van der Waals surface area contributed by atoms with Gasteiger partial charge in [-0.2, -0.15) is 0 Å². The number of rotatable bonds is 7. The third-order valence-electron chi connectivity index (χ3n) is 9.60. The molecule has 4 heterocycles. The van der Waals surface area contributed by atoms with Gasteiger partial charge in [-0.3, -0.25) is 4.79 Å². The molecule has 0 amide bonds. The van der Waals surface area contributed by atoms with Crippen LogP contribution in [0.1, 0.15) is 39.5 Å². The summed E-state index contributed by atoms with van der Waals surface area (Å²) in [4.78, 5) is 50.3. The highest BCUT2D eigenvalue weighted by molar-refractivity contribution is 5.94. The molecule has 0 radical (unpaired) electrons. The molecule has 36 heavy (non-hydrogen) atoms. The molecular formula is C24H28O12. The van der Waals surface area contributed by atoms with E-state index in [2.05, 4.69) is 0 Å². The second kappa shape index (κ2) is 7.27. The van der Waals surface area contributed by atoms with E-state index in [1.54, 1.807) is 0 Å². The van der Waals surface area contributed by atoms with Crippen molar-refractivity contribution in [2.24, 2.45) is 22.7 Å². The van der Waals surface area contributed by atoms with Crippen LogP contribution >= 0.6 is 0 Å². The van der Waals surface area contributed by atoms with E-state index in [1.165, 1.54) is 13.0 Å². The first-order valence-corrected chi connectivity index (χ1v) is 12.3. The number of aliphatic hydroxyl groups excluding tert-OH is 1. The second-order valence-electron chi connectivity index (χ2n) is 10.6. The van der Waals surface area contributed by atoms with Crippen molar-refractivity contribution in [2.75, 3.05) is 6.61 Å². The fourth-order valence-corrected chi connectivity index (χ4v) is 8.49. The largest absolute Gasteiger partial charge is 0.478 e. The minimum atomic E-state index is -2.27. The zero-order valence-electron chi connectivity index (χ0n) is 19.7. The zero-order chi connectivity index (χ0) is 25.8. The molecule has 2 saturated carbocycles. The lowest BCUT2D eigenvalue weighted by molar-refractivity contribution is -0.238. The molecule has 0 aromatic heterocycles. The van der Waals surface area contributed by atoms with Gasteiger partial charge in [-0.05, 0) is 25.7 Å². The smallest absolute Gasteiger partial charge is 0.343 e. The number of aliphatic carboxylic acids is 1. The number of carboxylic acid groups (broad SMARTS) is 1. The van der Waals surface area contributed by atoms with Crippen molar-refractivity contribution in [3.63, 3.8) is 0 Å². The molecular weight excluding hydrogens is 480 g/mol. The van der Waals surface area contributed by atoms with Crippen LogP contribution in [0.25, 0.3) is 0 Å². The van der Waals surface area contributed by atoms with Crippen LogP contribution in [0.3, 0.4) is 0 Å². The van der Waals surface area contributed by atoms with Gasteiger partial charge in [0.2, 0.25) is 11.9 Å². The van der Waals surface area contributed by atoms with E-state index in [4.69, 9.17) is 28.8 Å². The summed E-state index contributed by atoms with van der Waals surface area (Å²) in [5.74, 6) is -5.33. The van der Waals surface area contributed by atoms with Gasteiger partial charge < -0.3 is 39.0 Å². The van der Waals surface area contributed by atoms with Gasteiger partial charge in [0.15, 0.2) is 17.8 Å². The zero-order valence-corrected chi connectivity index (χ0v) is 19.7. The molecule has 11 atom stereocenters. The molecule has 196 valence electrons. The summed E-state index contributed by atoms with van der Waals surface area (Å²) in [6.45, 7) is 3.13. The number of fused-ring (bicyclic) bond motifs is 1. The van der Waals surface area contributed by atoms with E-state index in [0.29, 0.717) is 6.42 Å². The Hall–Kier alpha value is -2.54. The molecule has 2 spiro atoms. The Morgan fingerprint density at radius 2 is 1.94 bits per heavy atom. The van der Waals surface area contributed by atoms with Gasteiger partial charge in [0.05, 0.1) is 23.4 Å². The Kier molecular flexibility index (Phi) is 4.82. The van der Waals surface area contributed by atoms with Crippen LogP contribution in [0.4, 0.5) is 0 Å². The average Bonchev–Trinajstić information content (AvgIpc) is 3.53. The topological polar surface area (TPSA) is 175 Å². The van der Waals surface area contributed by atoms with Crippen LogP contribution in [0.5, 0.6) is 0 Å². The minimum absolute atomic E-state index is 0.261. The summed E-state index contributed by atoms with van der Waals surface area (Å²) in [6, 6.07) is 0. The molecule has 0 aromatic carbocycles. The Morgan fingerprint density at radius 1 is 1.19 bits per heavy atom. The lowest BCUT2D eigenvalue weighted by Gasteiger charge is -2.45. The average molecular weight is 508 g/mol. The lowest BCUT2D eigenvalue weighted by Crippen LogP contribution is -2.67. The van der Waals surface area contributed by atoms with Crippen LogP contribution in [-0.2, 0) is 42.9 Å². The fraction of sp³-hybridized carbons (Fsp3) is 0.750. The predicted molar refractivity (Wildman–Crippen MR) is 113 cm³/mol. The van der Waals surface area contributed by atoms with Crippen molar-refractivity contribution in [3.05, 3.63) is 12.2 Å². The van der Waals surface area contributed by atoms with Crippen molar-refractivity contribution in [2.45, 2.75) is 81.4 Å². The second-order valence-corrected chi connectivity index (χ2v) is 10.6. The third kappa shape index (κ3) is 2.15. The van der Waals surface area contributed by atoms with E-state index in [0.717, 1.165) is 18.9 Å². The predicted octanol–water partition coefficient (Wildman–Crippen LogP) is -0.560. The molecule has 12 heteroatoms. The molecule has 6 fully saturated rings. The van der Waals surface area contributed by atoms with E-state index in [9.17, 15) is 29.4 Å².